The number of carbonyl (C=O) groups excluding carboxylic acids is 1. The molecule has 1 aromatic carbocycles. The Morgan fingerprint density at radius 3 is 2.73 bits per heavy atom. The van der Waals surface area contributed by atoms with Gasteiger partial charge in [-0.15, -0.1) is 0 Å². The van der Waals surface area contributed by atoms with Gasteiger partial charge in [-0.05, 0) is 49.7 Å². The summed E-state index contributed by atoms with van der Waals surface area (Å²) in [5.74, 6) is 0.112. The Bertz CT molecular complexity index is 616. The van der Waals surface area contributed by atoms with Gasteiger partial charge in [0.2, 0.25) is 0 Å². The van der Waals surface area contributed by atoms with E-state index in [1.165, 1.54) is 16.0 Å². The third-order valence-corrected chi connectivity index (χ3v) is 5.01. The Labute approximate surface area is 161 Å². The van der Waals surface area contributed by atoms with Crippen LogP contribution in [0.15, 0.2) is 18.2 Å². The smallest absolute Gasteiger partial charge is 0.275 e. The topological polar surface area (TPSA) is 58.0 Å². The summed E-state index contributed by atoms with van der Waals surface area (Å²) < 4.78 is 4.98. The minimum atomic E-state index is 0.112. The molecule has 26 heavy (non-hydrogen) atoms. The van der Waals surface area contributed by atoms with Crippen molar-refractivity contribution in [2.75, 3.05) is 58.3 Å². The molecule has 0 atom stereocenters. The zero-order valence-electron chi connectivity index (χ0n) is 16.1. The Balaban J connectivity index is 1.73. The lowest BCUT2D eigenvalue weighted by Gasteiger charge is -2.33. The fourth-order valence-electron chi connectivity index (χ4n) is 3.00. The van der Waals surface area contributed by atoms with Crippen molar-refractivity contribution in [3.05, 3.63) is 29.3 Å². The van der Waals surface area contributed by atoms with Gasteiger partial charge in [0.1, 0.15) is 0 Å². The molecular formula is C19H31N4O2S+. The summed E-state index contributed by atoms with van der Waals surface area (Å²) in [4.78, 5) is 15.5. The number of quaternary nitrogens is 1. The maximum Gasteiger partial charge on any atom is 0.275 e. The number of anilines is 1. The van der Waals surface area contributed by atoms with E-state index in [2.05, 4.69) is 47.6 Å². The van der Waals surface area contributed by atoms with E-state index in [1.807, 2.05) is 0 Å². The van der Waals surface area contributed by atoms with Crippen molar-refractivity contribution >= 4 is 28.9 Å². The number of piperazine rings is 1. The molecular weight excluding hydrogens is 348 g/mol. The van der Waals surface area contributed by atoms with Crippen molar-refractivity contribution in [2.45, 2.75) is 20.3 Å². The van der Waals surface area contributed by atoms with Crippen LogP contribution in [0.4, 0.5) is 5.69 Å². The fraction of sp³-hybridized carbons (Fsp3) is 0.579. The van der Waals surface area contributed by atoms with E-state index >= 15 is 0 Å². The molecule has 7 heteroatoms. The molecule has 1 amide bonds. The first-order valence-corrected chi connectivity index (χ1v) is 9.63. The lowest BCUT2D eigenvalue weighted by atomic mass is 10.1. The number of hydrogen-bond donors (Lipinski definition) is 3. The number of ether oxygens (including phenoxy) is 1. The molecule has 2 rings (SSSR count). The molecule has 1 aromatic rings. The molecule has 1 heterocycles. The second-order valence-corrected chi connectivity index (χ2v) is 7.25. The molecule has 3 N–H and O–H groups in total. The van der Waals surface area contributed by atoms with Crippen LogP contribution in [0.25, 0.3) is 0 Å². The molecule has 0 radical (unpaired) electrons. The first-order valence-electron chi connectivity index (χ1n) is 9.22. The summed E-state index contributed by atoms with van der Waals surface area (Å²) in [6, 6.07) is 6.33. The van der Waals surface area contributed by atoms with E-state index in [-0.39, 0.29) is 5.91 Å². The average molecular weight is 380 g/mol. The highest BCUT2D eigenvalue weighted by Gasteiger charge is 2.23. The molecule has 0 unspecified atom stereocenters. The maximum atomic E-state index is 12.0. The van der Waals surface area contributed by atoms with Crippen molar-refractivity contribution in [2.24, 2.45) is 0 Å². The van der Waals surface area contributed by atoms with Gasteiger partial charge in [0.15, 0.2) is 11.7 Å². The number of rotatable bonds is 7. The van der Waals surface area contributed by atoms with Gasteiger partial charge in [-0.2, -0.15) is 0 Å². The number of hydrogen-bond acceptors (Lipinski definition) is 3. The fourth-order valence-corrected chi connectivity index (χ4v) is 3.29. The Morgan fingerprint density at radius 1 is 1.31 bits per heavy atom. The first kappa shape index (κ1) is 20.6. The molecule has 1 fully saturated rings. The van der Waals surface area contributed by atoms with E-state index in [0.29, 0.717) is 19.7 Å². The Hall–Kier alpha value is -1.70. The second kappa shape index (κ2) is 10.4. The van der Waals surface area contributed by atoms with Crippen LogP contribution in [-0.4, -0.2) is 68.9 Å². The molecule has 6 nitrogen and oxygen atoms in total. The number of methoxy groups -OCH3 is 1. The summed E-state index contributed by atoms with van der Waals surface area (Å²) in [5.41, 5.74) is 3.47. The van der Waals surface area contributed by atoms with Gasteiger partial charge >= 0.3 is 0 Å². The Kier molecular flexibility index (Phi) is 8.28. The van der Waals surface area contributed by atoms with Gasteiger partial charge in [-0.25, -0.2) is 0 Å². The monoisotopic (exact) mass is 379 g/mol. The van der Waals surface area contributed by atoms with E-state index in [4.69, 9.17) is 17.0 Å². The van der Waals surface area contributed by atoms with Gasteiger partial charge in [0, 0.05) is 25.9 Å². The third-order valence-electron chi connectivity index (χ3n) is 4.65. The summed E-state index contributed by atoms with van der Waals surface area (Å²) in [6.45, 7) is 9.60. The number of carbonyl (C=O) groups is 1. The predicted molar refractivity (Wildman–Crippen MR) is 109 cm³/mol. The first-order chi connectivity index (χ1) is 12.5. The molecule has 0 saturated carbocycles. The molecule has 0 aliphatic carbocycles. The van der Waals surface area contributed by atoms with Crippen LogP contribution in [0.3, 0.4) is 0 Å². The molecule has 0 bridgehead atoms. The van der Waals surface area contributed by atoms with Gasteiger partial charge in [-0.1, -0.05) is 12.1 Å². The van der Waals surface area contributed by atoms with Crippen LogP contribution in [0.2, 0.25) is 0 Å². The highest BCUT2D eigenvalue weighted by molar-refractivity contribution is 7.80. The van der Waals surface area contributed by atoms with E-state index in [0.717, 1.165) is 43.4 Å². The lowest BCUT2D eigenvalue weighted by Crippen LogP contribution is -3.15. The van der Waals surface area contributed by atoms with Crippen LogP contribution in [0, 0.1) is 13.8 Å². The number of thiocarbonyl (C=S) groups is 1. The molecule has 0 spiro atoms. The molecule has 0 aromatic heterocycles. The molecule has 144 valence electrons. The molecule has 1 aliphatic heterocycles. The normalized spacial score (nSPS) is 15.0. The van der Waals surface area contributed by atoms with Crippen molar-refractivity contribution in [1.82, 2.24) is 10.2 Å². The van der Waals surface area contributed by atoms with Crippen molar-refractivity contribution in [3.8, 4) is 0 Å². The highest BCUT2D eigenvalue weighted by Crippen LogP contribution is 2.17. The van der Waals surface area contributed by atoms with Gasteiger partial charge in [0.05, 0.1) is 26.2 Å². The summed E-state index contributed by atoms with van der Waals surface area (Å²) >= 11 is 5.58. The predicted octanol–water partition coefficient (Wildman–Crippen LogP) is 0.353. The minimum absolute atomic E-state index is 0.112. The standard InChI is InChI=1S/C19H30N4O2S/c1-15-5-6-16(2)17(13-15)21-19(26)23-10-8-22(9-11-23)14-18(24)20-7-4-12-25-3/h5-6,13H,4,7-12,14H2,1-3H3,(H,20,24)(H,21,26)/p+1. The van der Waals surface area contributed by atoms with Crippen LogP contribution in [-0.2, 0) is 9.53 Å². The number of benzene rings is 1. The highest BCUT2D eigenvalue weighted by atomic mass is 32.1. The van der Waals surface area contributed by atoms with E-state index in [1.54, 1.807) is 7.11 Å². The van der Waals surface area contributed by atoms with Crippen molar-refractivity contribution in [3.63, 3.8) is 0 Å². The SMILES string of the molecule is COCCCNC(=O)C[NH+]1CCN(C(=S)Nc2cc(C)ccc2C)CC1. The zero-order chi connectivity index (χ0) is 18.9. The van der Waals surface area contributed by atoms with E-state index in [9.17, 15) is 4.79 Å². The van der Waals surface area contributed by atoms with Crippen LogP contribution in [0.1, 0.15) is 17.5 Å². The minimum Gasteiger partial charge on any atom is -0.385 e. The number of aryl methyl sites for hydroxylation is 2. The van der Waals surface area contributed by atoms with Crippen LogP contribution >= 0.6 is 12.2 Å². The maximum absolute atomic E-state index is 12.0. The number of nitrogens with zero attached hydrogens (tertiary/aromatic N) is 1. The Morgan fingerprint density at radius 2 is 2.04 bits per heavy atom. The number of nitrogens with one attached hydrogen (secondary N) is 3. The van der Waals surface area contributed by atoms with Crippen molar-refractivity contribution in [1.29, 1.82) is 0 Å². The van der Waals surface area contributed by atoms with Crippen LogP contribution < -0.4 is 15.5 Å². The summed E-state index contributed by atoms with van der Waals surface area (Å²) in [7, 11) is 1.67. The molecule has 1 aliphatic rings. The summed E-state index contributed by atoms with van der Waals surface area (Å²) in [5, 5.41) is 7.09. The second-order valence-electron chi connectivity index (χ2n) is 6.86. The largest absolute Gasteiger partial charge is 0.385 e. The zero-order valence-corrected chi connectivity index (χ0v) is 16.9. The van der Waals surface area contributed by atoms with Crippen LogP contribution in [0.5, 0.6) is 0 Å². The molecule has 1 saturated heterocycles. The lowest BCUT2D eigenvalue weighted by molar-refractivity contribution is -0.895. The van der Waals surface area contributed by atoms with Gasteiger partial charge in [0.25, 0.3) is 5.91 Å². The third kappa shape index (κ3) is 6.55. The quantitative estimate of drug-likeness (QED) is 0.472. The van der Waals surface area contributed by atoms with Crippen molar-refractivity contribution < 1.29 is 14.4 Å². The van der Waals surface area contributed by atoms with E-state index < -0.39 is 0 Å². The average Bonchev–Trinajstić information content (AvgIpc) is 2.62. The van der Waals surface area contributed by atoms with Gasteiger partial charge < -0.3 is 25.2 Å². The summed E-state index contributed by atoms with van der Waals surface area (Å²) in [6.07, 6.45) is 0.851. The van der Waals surface area contributed by atoms with Gasteiger partial charge in [-0.3, -0.25) is 4.79 Å². The number of amides is 1.